The molecule has 0 heterocycles. The van der Waals surface area contributed by atoms with Gasteiger partial charge in [-0.15, -0.1) is 0 Å². The van der Waals surface area contributed by atoms with Gasteiger partial charge in [-0.1, -0.05) is 13.3 Å². The third kappa shape index (κ3) is 3.46. The summed E-state index contributed by atoms with van der Waals surface area (Å²) in [4.78, 5) is 22.6. The highest BCUT2D eigenvalue weighted by Gasteiger charge is 2.25. The topological polar surface area (TPSA) is 63.5 Å². The first-order valence-corrected chi connectivity index (χ1v) is 5.77. The number of halogens is 2. The fourth-order valence-corrected chi connectivity index (χ4v) is 1.57. The second-order valence-corrected chi connectivity index (χ2v) is 4.12. The Labute approximate surface area is 109 Å². The Bertz CT molecular complexity index is 506. The molecular weight excluding hydrogens is 258 g/mol. The molecule has 0 atom stereocenters. The van der Waals surface area contributed by atoms with E-state index in [0.29, 0.717) is 25.1 Å². The van der Waals surface area contributed by atoms with Crippen molar-refractivity contribution < 1.29 is 18.5 Å². The zero-order chi connectivity index (χ0) is 14.6. The number of nitro groups is 1. The number of carbonyl (C=O) groups is 1. The Balaban J connectivity index is 3.13. The number of unbranched alkanes of at least 4 members (excludes halogenated alkanes) is 1. The van der Waals surface area contributed by atoms with Gasteiger partial charge in [-0.2, -0.15) is 4.39 Å². The summed E-state index contributed by atoms with van der Waals surface area (Å²) in [5, 5.41) is 10.6. The quantitative estimate of drug-likeness (QED) is 0.611. The molecular formula is C12H14F2N2O3. The van der Waals surface area contributed by atoms with Crippen LogP contribution in [-0.4, -0.2) is 29.3 Å². The van der Waals surface area contributed by atoms with Crippen molar-refractivity contribution in [2.24, 2.45) is 0 Å². The van der Waals surface area contributed by atoms with Crippen LogP contribution in [0.2, 0.25) is 0 Å². The molecule has 0 aromatic heterocycles. The van der Waals surface area contributed by atoms with Crippen molar-refractivity contribution in [1.82, 2.24) is 4.90 Å². The van der Waals surface area contributed by atoms with E-state index in [1.807, 2.05) is 6.92 Å². The van der Waals surface area contributed by atoms with Crippen molar-refractivity contribution in [3.63, 3.8) is 0 Å². The molecule has 0 saturated carbocycles. The van der Waals surface area contributed by atoms with Crippen molar-refractivity contribution in [3.8, 4) is 0 Å². The lowest BCUT2D eigenvalue weighted by molar-refractivity contribution is -0.387. The number of rotatable bonds is 5. The van der Waals surface area contributed by atoms with Crippen LogP contribution in [0.15, 0.2) is 12.1 Å². The molecule has 7 heteroatoms. The minimum atomic E-state index is -1.31. The molecule has 0 spiro atoms. The fraction of sp³-hybridized carbons (Fsp3) is 0.417. The van der Waals surface area contributed by atoms with Crippen LogP contribution in [-0.2, 0) is 0 Å². The zero-order valence-electron chi connectivity index (χ0n) is 10.7. The predicted molar refractivity (Wildman–Crippen MR) is 64.9 cm³/mol. The summed E-state index contributed by atoms with van der Waals surface area (Å²) >= 11 is 0. The molecule has 1 aromatic carbocycles. The summed E-state index contributed by atoms with van der Waals surface area (Å²) in [6.07, 6.45) is 1.55. The summed E-state index contributed by atoms with van der Waals surface area (Å²) in [6.45, 7) is 2.30. The van der Waals surface area contributed by atoms with Gasteiger partial charge in [-0.25, -0.2) is 4.39 Å². The Kier molecular flexibility index (Phi) is 4.91. The average molecular weight is 272 g/mol. The SMILES string of the molecule is CCCCN(C)C(=O)c1cc(F)cc([N+](=O)[O-])c1F. The molecule has 0 N–H and O–H groups in total. The minimum absolute atomic E-state index is 0.374. The standard InChI is InChI=1S/C12H14F2N2O3/c1-3-4-5-15(2)12(17)9-6-8(13)7-10(11(9)14)16(18)19/h6-7H,3-5H2,1-2H3. The van der Waals surface area contributed by atoms with Gasteiger partial charge in [-0.3, -0.25) is 14.9 Å². The van der Waals surface area contributed by atoms with E-state index in [0.717, 1.165) is 6.42 Å². The van der Waals surface area contributed by atoms with Crippen molar-refractivity contribution in [1.29, 1.82) is 0 Å². The first-order chi connectivity index (χ1) is 8.88. The molecule has 104 valence electrons. The normalized spacial score (nSPS) is 10.3. The van der Waals surface area contributed by atoms with E-state index < -0.39 is 33.7 Å². The highest BCUT2D eigenvalue weighted by Crippen LogP contribution is 2.23. The van der Waals surface area contributed by atoms with Gasteiger partial charge in [-0.05, 0) is 12.5 Å². The van der Waals surface area contributed by atoms with Gasteiger partial charge < -0.3 is 4.90 Å². The molecule has 0 fully saturated rings. The lowest BCUT2D eigenvalue weighted by Crippen LogP contribution is -2.28. The summed E-state index contributed by atoms with van der Waals surface area (Å²) in [7, 11) is 1.44. The molecule has 0 unspecified atom stereocenters. The van der Waals surface area contributed by atoms with Gasteiger partial charge >= 0.3 is 5.69 Å². The number of benzene rings is 1. The van der Waals surface area contributed by atoms with Crippen LogP contribution >= 0.6 is 0 Å². The van der Waals surface area contributed by atoms with E-state index in [9.17, 15) is 23.7 Å². The first kappa shape index (κ1) is 15.0. The molecule has 0 aliphatic rings. The van der Waals surface area contributed by atoms with Gasteiger partial charge in [0.15, 0.2) is 0 Å². The molecule has 0 aliphatic heterocycles. The van der Waals surface area contributed by atoms with Crippen LogP contribution in [0, 0.1) is 21.7 Å². The number of carbonyl (C=O) groups excluding carboxylic acids is 1. The van der Waals surface area contributed by atoms with Crippen molar-refractivity contribution >= 4 is 11.6 Å². The van der Waals surface area contributed by atoms with E-state index in [1.165, 1.54) is 11.9 Å². The highest BCUT2D eigenvalue weighted by atomic mass is 19.1. The summed E-state index contributed by atoms with van der Waals surface area (Å²) in [6, 6.07) is 1.13. The van der Waals surface area contributed by atoms with Crippen LogP contribution in [0.1, 0.15) is 30.1 Å². The lowest BCUT2D eigenvalue weighted by atomic mass is 10.1. The average Bonchev–Trinajstić information content (AvgIpc) is 2.37. The van der Waals surface area contributed by atoms with Gasteiger partial charge in [0, 0.05) is 13.6 Å². The minimum Gasteiger partial charge on any atom is -0.342 e. The smallest absolute Gasteiger partial charge is 0.308 e. The van der Waals surface area contributed by atoms with Crippen LogP contribution in [0.25, 0.3) is 0 Å². The molecule has 19 heavy (non-hydrogen) atoms. The maximum Gasteiger partial charge on any atom is 0.308 e. The van der Waals surface area contributed by atoms with Crippen LogP contribution in [0.3, 0.4) is 0 Å². The molecule has 0 aliphatic carbocycles. The van der Waals surface area contributed by atoms with E-state index in [2.05, 4.69) is 0 Å². The van der Waals surface area contributed by atoms with Crippen LogP contribution in [0.5, 0.6) is 0 Å². The highest BCUT2D eigenvalue weighted by molar-refractivity contribution is 5.95. The van der Waals surface area contributed by atoms with Gasteiger partial charge in [0.05, 0.1) is 16.6 Å². The number of hydrogen-bond acceptors (Lipinski definition) is 3. The number of nitrogens with zero attached hydrogens (tertiary/aromatic N) is 2. The predicted octanol–water partition coefficient (Wildman–Crippen LogP) is 2.75. The van der Waals surface area contributed by atoms with Gasteiger partial charge in [0.2, 0.25) is 5.82 Å². The van der Waals surface area contributed by atoms with Gasteiger partial charge in [0.1, 0.15) is 5.82 Å². The third-order valence-corrected chi connectivity index (χ3v) is 2.64. The van der Waals surface area contributed by atoms with Crippen molar-refractivity contribution in [3.05, 3.63) is 39.4 Å². The van der Waals surface area contributed by atoms with E-state index >= 15 is 0 Å². The Morgan fingerprint density at radius 3 is 2.58 bits per heavy atom. The first-order valence-electron chi connectivity index (χ1n) is 5.77. The summed E-state index contributed by atoms with van der Waals surface area (Å²) < 4.78 is 27.0. The molecule has 1 rings (SSSR count). The molecule has 0 radical (unpaired) electrons. The van der Waals surface area contributed by atoms with E-state index in [1.54, 1.807) is 0 Å². The molecule has 1 aromatic rings. The van der Waals surface area contributed by atoms with Crippen LogP contribution < -0.4 is 0 Å². The molecule has 0 saturated heterocycles. The molecule has 0 bridgehead atoms. The fourth-order valence-electron chi connectivity index (χ4n) is 1.57. The van der Waals surface area contributed by atoms with Crippen LogP contribution in [0.4, 0.5) is 14.5 Å². The van der Waals surface area contributed by atoms with E-state index in [4.69, 9.17) is 0 Å². The van der Waals surface area contributed by atoms with Gasteiger partial charge in [0.25, 0.3) is 5.91 Å². The maximum absolute atomic E-state index is 13.8. The second-order valence-electron chi connectivity index (χ2n) is 4.12. The summed E-state index contributed by atoms with van der Waals surface area (Å²) in [5.41, 5.74) is -1.66. The Morgan fingerprint density at radius 2 is 2.05 bits per heavy atom. The lowest BCUT2D eigenvalue weighted by Gasteiger charge is -2.17. The largest absolute Gasteiger partial charge is 0.342 e. The molecule has 1 amide bonds. The number of nitro benzene ring substituents is 1. The van der Waals surface area contributed by atoms with Crippen molar-refractivity contribution in [2.75, 3.05) is 13.6 Å². The summed E-state index contributed by atoms with van der Waals surface area (Å²) in [5.74, 6) is -3.09. The zero-order valence-corrected chi connectivity index (χ0v) is 10.7. The third-order valence-electron chi connectivity index (χ3n) is 2.64. The second kappa shape index (κ2) is 6.21. The monoisotopic (exact) mass is 272 g/mol. The number of amides is 1. The van der Waals surface area contributed by atoms with Crippen molar-refractivity contribution in [2.45, 2.75) is 19.8 Å². The van der Waals surface area contributed by atoms with E-state index in [-0.39, 0.29) is 0 Å². The Hall–Kier alpha value is -2.05. The number of hydrogen-bond donors (Lipinski definition) is 0. The maximum atomic E-state index is 13.8. The Morgan fingerprint density at radius 1 is 1.42 bits per heavy atom. The molecule has 5 nitrogen and oxygen atoms in total.